The first-order chi connectivity index (χ1) is 13.5. The summed E-state index contributed by atoms with van der Waals surface area (Å²) in [5.41, 5.74) is 4.01. The maximum absolute atomic E-state index is 13.1. The summed E-state index contributed by atoms with van der Waals surface area (Å²) in [5, 5.41) is 3.71. The number of fused-ring (bicyclic) bond motifs is 3. The second-order valence-electron chi connectivity index (χ2n) is 7.72. The number of hydrogen-bond donors (Lipinski definition) is 1. The number of aryl methyl sites for hydroxylation is 3. The summed E-state index contributed by atoms with van der Waals surface area (Å²) in [4.78, 5) is 32.3. The number of hydrogen-bond acceptors (Lipinski definition) is 4. The molecule has 5 nitrogen and oxygen atoms in total. The van der Waals surface area contributed by atoms with E-state index in [4.69, 9.17) is 0 Å². The second-order valence-corrected chi connectivity index (χ2v) is 8.80. The number of nitrogens with one attached hydrogen (secondary N) is 1. The highest BCUT2D eigenvalue weighted by atomic mass is 32.1. The van der Waals surface area contributed by atoms with E-state index in [-0.39, 0.29) is 18.0 Å². The van der Waals surface area contributed by atoms with Crippen molar-refractivity contribution in [3.8, 4) is 0 Å². The topological polar surface area (TPSA) is 64.0 Å². The van der Waals surface area contributed by atoms with Gasteiger partial charge in [0.05, 0.1) is 11.7 Å². The molecule has 0 saturated heterocycles. The van der Waals surface area contributed by atoms with Crippen LogP contribution in [0.2, 0.25) is 0 Å². The van der Waals surface area contributed by atoms with Crippen LogP contribution in [0.1, 0.15) is 41.8 Å². The van der Waals surface area contributed by atoms with Gasteiger partial charge in [-0.15, -0.1) is 11.3 Å². The molecule has 0 radical (unpaired) electrons. The smallest absolute Gasteiger partial charge is 0.262 e. The van der Waals surface area contributed by atoms with E-state index in [1.165, 1.54) is 15.8 Å². The Morgan fingerprint density at radius 1 is 1.39 bits per heavy atom. The van der Waals surface area contributed by atoms with Crippen LogP contribution in [0.15, 0.2) is 29.3 Å². The van der Waals surface area contributed by atoms with Gasteiger partial charge in [-0.3, -0.25) is 14.2 Å². The molecule has 28 heavy (non-hydrogen) atoms. The Kier molecular flexibility index (Phi) is 5.06. The van der Waals surface area contributed by atoms with Crippen molar-refractivity contribution in [1.29, 1.82) is 0 Å². The fourth-order valence-corrected chi connectivity index (χ4v) is 5.36. The number of rotatable bonds is 4. The van der Waals surface area contributed by atoms with Crippen LogP contribution in [-0.2, 0) is 30.6 Å². The van der Waals surface area contributed by atoms with Crippen molar-refractivity contribution in [1.82, 2.24) is 9.55 Å². The number of para-hydroxylation sites is 1. The summed E-state index contributed by atoms with van der Waals surface area (Å²) in [6, 6.07) is 5.99. The second kappa shape index (κ2) is 7.51. The Labute approximate surface area is 168 Å². The fourth-order valence-electron chi connectivity index (χ4n) is 4.01. The molecule has 1 N–H and O–H groups in total. The summed E-state index contributed by atoms with van der Waals surface area (Å²) >= 11 is 1.63. The molecule has 0 spiro atoms. The minimum Gasteiger partial charge on any atom is -0.324 e. The Hall–Kier alpha value is -2.47. The molecule has 6 heteroatoms. The van der Waals surface area contributed by atoms with E-state index in [2.05, 4.69) is 24.1 Å². The van der Waals surface area contributed by atoms with E-state index < -0.39 is 0 Å². The first kappa shape index (κ1) is 18.9. The Bertz CT molecular complexity index is 1110. The number of nitrogens with zero attached hydrogens (tertiary/aromatic N) is 2. The highest BCUT2D eigenvalue weighted by molar-refractivity contribution is 7.18. The van der Waals surface area contributed by atoms with Gasteiger partial charge in [0.1, 0.15) is 11.4 Å². The molecule has 1 atom stereocenters. The van der Waals surface area contributed by atoms with Crippen molar-refractivity contribution in [2.24, 2.45) is 5.92 Å². The molecule has 0 bridgehead atoms. The third-order valence-corrected chi connectivity index (χ3v) is 6.76. The van der Waals surface area contributed by atoms with Gasteiger partial charge in [0, 0.05) is 10.6 Å². The summed E-state index contributed by atoms with van der Waals surface area (Å²) in [6.45, 7) is 6.26. The van der Waals surface area contributed by atoms with E-state index in [9.17, 15) is 9.59 Å². The van der Waals surface area contributed by atoms with Crippen molar-refractivity contribution < 1.29 is 4.79 Å². The van der Waals surface area contributed by atoms with Gasteiger partial charge in [-0.1, -0.05) is 32.0 Å². The number of carbonyl (C=O) groups excluding carboxylic acids is 1. The third-order valence-electron chi connectivity index (χ3n) is 5.60. The van der Waals surface area contributed by atoms with Gasteiger partial charge < -0.3 is 5.32 Å². The number of amides is 1. The Balaban J connectivity index is 1.63. The number of thiophene rings is 1. The molecule has 4 rings (SSSR count). The molecular weight excluding hydrogens is 370 g/mol. The maximum Gasteiger partial charge on any atom is 0.262 e. The summed E-state index contributed by atoms with van der Waals surface area (Å²) < 4.78 is 1.44. The maximum atomic E-state index is 13.1. The van der Waals surface area contributed by atoms with Crippen LogP contribution in [0.25, 0.3) is 10.2 Å². The first-order valence-electron chi connectivity index (χ1n) is 9.86. The summed E-state index contributed by atoms with van der Waals surface area (Å²) in [7, 11) is 0. The lowest BCUT2D eigenvalue weighted by Crippen LogP contribution is -2.28. The molecule has 1 aromatic carbocycles. The summed E-state index contributed by atoms with van der Waals surface area (Å²) in [6.07, 6.45) is 5.38. The zero-order chi connectivity index (χ0) is 19.8. The monoisotopic (exact) mass is 395 g/mol. The molecule has 146 valence electrons. The number of aromatic nitrogens is 2. The van der Waals surface area contributed by atoms with E-state index in [1.807, 2.05) is 25.1 Å². The fraction of sp³-hybridized carbons (Fsp3) is 0.409. The van der Waals surface area contributed by atoms with Gasteiger partial charge in [-0.2, -0.15) is 0 Å². The zero-order valence-corrected chi connectivity index (χ0v) is 17.4. The van der Waals surface area contributed by atoms with E-state index in [0.717, 1.165) is 52.9 Å². The minimum atomic E-state index is -0.204. The first-order valence-corrected chi connectivity index (χ1v) is 10.7. The zero-order valence-electron chi connectivity index (χ0n) is 16.5. The minimum absolute atomic E-state index is 0.0275. The normalized spacial score (nSPS) is 16.2. The molecule has 2 heterocycles. The summed E-state index contributed by atoms with van der Waals surface area (Å²) in [5.74, 6) is 0.445. The molecule has 1 aliphatic rings. The van der Waals surface area contributed by atoms with Crippen molar-refractivity contribution in [3.05, 3.63) is 56.4 Å². The molecule has 0 saturated carbocycles. The van der Waals surface area contributed by atoms with Gasteiger partial charge in [0.15, 0.2) is 0 Å². The standard InChI is InChI=1S/C22H25N3O2S/c1-4-15-7-5-6-14(3)20(15)24-18(26)11-25-12-23-21-19(22(25)27)16-9-8-13(2)10-17(16)28-21/h5-7,12-13H,4,8-11H2,1-3H3,(H,24,26)/t13-/m0/s1. The lowest BCUT2D eigenvalue weighted by atomic mass is 9.89. The van der Waals surface area contributed by atoms with Crippen molar-refractivity contribution in [3.63, 3.8) is 0 Å². The molecule has 0 fully saturated rings. The number of anilines is 1. The van der Waals surface area contributed by atoms with Crippen LogP contribution in [0.4, 0.5) is 5.69 Å². The van der Waals surface area contributed by atoms with Crippen LogP contribution in [0, 0.1) is 12.8 Å². The lowest BCUT2D eigenvalue weighted by molar-refractivity contribution is -0.116. The van der Waals surface area contributed by atoms with Gasteiger partial charge in [0.25, 0.3) is 5.56 Å². The number of carbonyl (C=O) groups is 1. The molecule has 1 aliphatic carbocycles. The third kappa shape index (κ3) is 3.37. The quantitative estimate of drug-likeness (QED) is 0.724. The van der Waals surface area contributed by atoms with Crippen LogP contribution in [-0.4, -0.2) is 15.5 Å². The van der Waals surface area contributed by atoms with Crippen LogP contribution < -0.4 is 10.9 Å². The highest BCUT2D eigenvalue weighted by Gasteiger charge is 2.23. The Morgan fingerprint density at radius 3 is 3.00 bits per heavy atom. The predicted molar refractivity (Wildman–Crippen MR) is 114 cm³/mol. The van der Waals surface area contributed by atoms with E-state index in [1.54, 1.807) is 11.3 Å². The van der Waals surface area contributed by atoms with Crippen molar-refractivity contribution >= 4 is 33.1 Å². The van der Waals surface area contributed by atoms with Crippen LogP contribution in [0.3, 0.4) is 0 Å². The van der Waals surface area contributed by atoms with Gasteiger partial charge >= 0.3 is 0 Å². The van der Waals surface area contributed by atoms with E-state index >= 15 is 0 Å². The SMILES string of the molecule is CCc1cccc(C)c1NC(=O)Cn1cnc2sc3c(c2c1=O)CC[C@H](C)C3. The van der Waals surface area contributed by atoms with Gasteiger partial charge in [0.2, 0.25) is 5.91 Å². The van der Waals surface area contributed by atoms with Crippen LogP contribution >= 0.6 is 11.3 Å². The molecule has 3 aromatic rings. The Morgan fingerprint density at radius 2 is 2.21 bits per heavy atom. The van der Waals surface area contributed by atoms with E-state index in [0.29, 0.717) is 11.3 Å². The lowest BCUT2D eigenvalue weighted by Gasteiger charge is -2.17. The van der Waals surface area contributed by atoms with Crippen LogP contribution in [0.5, 0.6) is 0 Å². The predicted octanol–water partition coefficient (Wildman–Crippen LogP) is 4.09. The highest BCUT2D eigenvalue weighted by Crippen LogP contribution is 2.35. The van der Waals surface area contributed by atoms with Crippen molar-refractivity contribution in [2.75, 3.05) is 5.32 Å². The molecular formula is C22H25N3O2S. The number of benzene rings is 1. The molecule has 0 aliphatic heterocycles. The van der Waals surface area contributed by atoms with Gasteiger partial charge in [-0.25, -0.2) is 4.98 Å². The molecule has 0 unspecified atom stereocenters. The average Bonchev–Trinajstić information content (AvgIpc) is 3.03. The average molecular weight is 396 g/mol. The largest absolute Gasteiger partial charge is 0.324 e. The molecule has 1 amide bonds. The van der Waals surface area contributed by atoms with Gasteiger partial charge in [-0.05, 0) is 55.2 Å². The molecule has 2 aromatic heterocycles. The van der Waals surface area contributed by atoms with Crippen molar-refractivity contribution in [2.45, 2.75) is 53.0 Å².